The summed E-state index contributed by atoms with van der Waals surface area (Å²) in [5.41, 5.74) is 6.01. The maximum atomic E-state index is 12.0. The molecule has 1 aliphatic rings. The van der Waals surface area contributed by atoms with Crippen LogP contribution in [0.5, 0.6) is 0 Å². The highest BCUT2D eigenvalue weighted by Crippen LogP contribution is 2.12. The van der Waals surface area contributed by atoms with Crippen LogP contribution >= 0.6 is 11.3 Å². The van der Waals surface area contributed by atoms with Crippen molar-refractivity contribution in [2.24, 2.45) is 5.73 Å². The summed E-state index contributed by atoms with van der Waals surface area (Å²) in [5, 5.41) is 5.73. The van der Waals surface area contributed by atoms with Gasteiger partial charge in [-0.15, -0.1) is 11.3 Å². The number of rotatable bonds is 6. The molecule has 1 aliphatic heterocycles. The molecule has 3 N–H and O–H groups in total. The standard InChI is InChI=1S/C14H24N4OS/c1-11(18-7-3-2-4-8-18)9-16-14(19)12-10-20-13(17-12)5-6-15/h10-11H,2-9,15H2,1H3,(H,16,19). The number of carbonyl (C=O) groups is 1. The zero-order valence-electron chi connectivity index (χ0n) is 12.1. The molecular weight excluding hydrogens is 272 g/mol. The topological polar surface area (TPSA) is 71.2 Å². The van der Waals surface area contributed by atoms with E-state index in [0.29, 0.717) is 24.8 Å². The van der Waals surface area contributed by atoms with E-state index in [1.807, 2.05) is 5.38 Å². The molecule has 0 radical (unpaired) electrons. The van der Waals surface area contributed by atoms with Gasteiger partial charge in [-0.1, -0.05) is 6.42 Å². The Morgan fingerprint density at radius 2 is 2.25 bits per heavy atom. The molecule has 2 rings (SSSR count). The first kappa shape index (κ1) is 15.4. The van der Waals surface area contributed by atoms with Crippen molar-refractivity contribution < 1.29 is 4.79 Å². The van der Waals surface area contributed by atoms with Crippen molar-refractivity contribution >= 4 is 17.2 Å². The second kappa shape index (κ2) is 7.71. The smallest absolute Gasteiger partial charge is 0.270 e. The quantitative estimate of drug-likeness (QED) is 0.829. The van der Waals surface area contributed by atoms with Crippen molar-refractivity contribution in [2.75, 3.05) is 26.2 Å². The van der Waals surface area contributed by atoms with E-state index in [1.54, 1.807) is 0 Å². The first-order valence-corrected chi connectivity index (χ1v) is 8.25. The Balaban J connectivity index is 1.78. The Hall–Kier alpha value is -0.980. The van der Waals surface area contributed by atoms with Crippen LogP contribution in [0.1, 0.15) is 41.7 Å². The van der Waals surface area contributed by atoms with E-state index in [1.165, 1.54) is 30.6 Å². The number of nitrogens with two attached hydrogens (primary N) is 1. The SMILES string of the molecule is CC(CNC(=O)c1csc(CCN)n1)N1CCCCC1. The van der Waals surface area contributed by atoms with Gasteiger partial charge in [-0.2, -0.15) is 0 Å². The zero-order chi connectivity index (χ0) is 14.4. The molecule has 2 heterocycles. The van der Waals surface area contributed by atoms with Crippen LogP contribution in [0, 0.1) is 0 Å². The van der Waals surface area contributed by atoms with Gasteiger partial charge in [0, 0.05) is 24.4 Å². The summed E-state index contributed by atoms with van der Waals surface area (Å²) in [5.74, 6) is -0.0756. The van der Waals surface area contributed by atoms with Gasteiger partial charge in [0.25, 0.3) is 5.91 Å². The second-order valence-corrected chi connectivity index (χ2v) is 6.26. The van der Waals surface area contributed by atoms with Crippen LogP contribution in [0.15, 0.2) is 5.38 Å². The van der Waals surface area contributed by atoms with Gasteiger partial charge >= 0.3 is 0 Å². The fraction of sp³-hybridized carbons (Fsp3) is 0.714. The van der Waals surface area contributed by atoms with Crippen LogP contribution < -0.4 is 11.1 Å². The maximum absolute atomic E-state index is 12.0. The van der Waals surface area contributed by atoms with E-state index in [2.05, 4.69) is 22.1 Å². The van der Waals surface area contributed by atoms with Gasteiger partial charge in [0.1, 0.15) is 5.69 Å². The summed E-state index contributed by atoms with van der Waals surface area (Å²) in [6.45, 7) is 5.72. The van der Waals surface area contributed by atoms with Crippen LogP contribution in [0.2, 0.25) is 0 Å². The third kappa shape index (κ3) is 4.26. The van der Waals surface area contributed by atoms with Gasteiger partial charge in [0.05, 0.1) is 5.01 Å². The predicted molar refractivity (Wildman–Crippen MR) is 82.1 cm³/mol. The predicted octanol–water partition coefficient (Wildman–Crippen LogP) is 1.25. The molecule has 1 unspecified atom stereocenters. The van der Waals surface area contributed by atoms with Crippen molar-refractivity contribution in [3.05, 3.63) is 16.1 Å². The molecule has 0 bridgehead atoms. The van der Waals surface area contributed by atoms with Gasteiger partial charge < -0.3 is 11.1 Å². The molecule has 5 nitrogen and oxygen atoms in total. The van der Waals surface area contributed by atoms with Gasteiger partial charge in [-0.05, 0) is 39.4 Å². The third-order valence-corrected chi connectivity index (χ3v) is 4.62. The van der Waals surface area contributed by atoms with Crippen LogP contribution in [0.4, 0.5) is 0 Å². The number of aromatic nitrogens is 1. The van der Waals surface area contributed by atoms with E-state index >= 15 is 0 Å². The number of nitrogens with one attached hydrogen (secondary N) is 1. The lowest BCUT2D eigenvalue weighted by molar-refractivity contribution is 0.0925. The number of thiazole rings is 1. The summed E-state index contributed by atoms with van der Waals surface area (Å²) in [6, 6.07) is 0.390. The maximum Gasteiger partial charge on any atom is 0.270 e. The Bertz CT molecular complexity index is 429. The Kier molecular flexibility index (Phi) is 5.94. The molecule has 6 heteroatoms. The molecule has 0 spiro atoms. The summed E-state index contributed by atoms with van der Waals surface area (Å²) < 4.78 is 0. The van der Waals surface area contributed by atoms with Gasteiger partial charge in [0.15, 0.2) is 0 Å². The second-order valence-electron chi connectivity index (χ2n) is 5.32. The first-order chi connectivity index (χ1) is 9.70. The number of carbonyl (C=O) groups excluding carboxylic acids is 1. The summed E-state index contributed by atoms with van der Waals surface area (Å²) in [4.78, 5) is 18.8. The molecule has 20 heavy (non-hydrogen) atoms. The summed E-state index contributed by atoms with van der Waals surface area (Å²) in [7, 11) is 0. The van der Waals surface area contributed by atoms with E-state index in [-0.39, 0.29) is 5.91 Å². The van der Waals surface area contributed by atoms with Gasteiger partial charge in [0.2, 0.25) is 0 Å². The fourth-order valence-electron chi connectivity index (χ4n) is 2.47. The first-order valence-electron chi connectivity index (χ1n) is 7.37. The number of piperidine rings is 1. The molecule has 1 fully saturated rings. The highest BCUT2D eigenvalue weighted by Gasteiger charge is 2.18. The minimum Gasteiger partial charge on any atom is -0.349 e. The molecule has 1 aromatic rings. The van der Waals surface area contributed by atoms with E-state index in [9.17, 15) is 4.79 Å². The number of likely N-dealkylation sites (tertiary alicyclic amines) is 1. The van der Waals surface area contributed by atoms with E-state index in [0.717, 1.165) is 24.5 Å². The molecule has 1 atom stereocenters. The van der Waals surface area contributed by atoms with Crippen LogP contribution in [0.25, 0.3) is 0 Å². The summed E-state index contributed by atoms with van der Waals surface area (Å²) in [6.07, 6.45) is 4.61. The lowest BCUT2D eigenvalue weighted by Crippen LogP contribution is -2.44. The molecule has 0 aromatic carbocycles. The fourth-order valence-corrected chi connectivity index (χ4v) is 3.27. The number of amides is 1. The minimum atomic E-state index is -0.0756. The number of nitrogens with zero attached hydrogens (tertiary/aromatic N) is 2. The van der Waals surface area contributed by atoms with Crippen LogP contribution in [-0.4, -0.2) is 48.0 Å². The van der Waals surface area contributed by atoms with Crippen molar-refractivity contribution in [1.82, 2.24) is 15.2 Å². The van der Waals surface area contributed by atoms with Crippen molar-refractivity contribution in [2.45, 2.75) is 38.6 Å². The van der Waals surface area contributed by atoms with Crippen LogP contribution in [0.3, 0.4) is 0 Å². The molecule has 1 amide bonds. The highest BCUT2D eigenvalue weighted by atomic mass is 32.1. The normalized spacial score (nSPS) is 17.9. The van der Waals surface area contributed by atoms with Gasteiger partial charge in [-0.3, -0.25) is 9.69 Å². The largest absolute Gasteiger partial charge is 0.349 e. The monoisotopic (exact) mass is 296 g/mol. The average molecular weight is 296 g/mol. The molecule has 1 saturated heterocycles. The number of hydrogen-bond donors (Lipinski definition) is 2. The lowest BCUT2D eigenvalue weighted by Gasteiger charge is -2.32. The molecule has 0 saturated carbocycles. The molecular formula is C14H24N4OS. The van der Waals surface area contributed by atoms with Gasteiger partial charge in [-0.25, -0.2) is 4.98 Å². The summed E-state index contributed by atoms with van der Waals surface area (Å²) >= 11 is 1.50. The van der Waals surface area contributed by atoms with E-state index < -0.39 is 0 Å². The zero-order valence-corrected chi connectivity index (χ0v) is 12.9. The molecule has 0 aliphatic carbocycles. The van der Waals surface area contributed by atoms with Crippen LogP contribution in [-0.2, 0) is 6.42 Å². The van der Waals surface area contributed by atoms with E-state index in [4.69, 9.17) is 5.73 Å². The average Bonchev–Trinajstić information content (AvgIpc) is 2.94. The molecule has 112 valence electrons. The molecule has 1 aromatic heterocycles. The number of hydrogen-bond acceptors (Lipinski definition) is 5. The Morgan fingerprint density at radius 3 is 2.95 bits per heavy atom. The third-order valence-electron chi connectivity index (χ3n) is 3.71. The Morgan fingerprint density at radius 1 is 1.50 bits per heavy atom. The minimum absolute atomic E-state index is 0.0756. The Labute approximate surface area is 124 Å². The van der Waals surface area contributed by atoms with Crippen molar-refractivity contribution in [1.29, 1.82) is 0 Å². The lowest BCUT2D eigenvalue weighted by atomic mass is 10.1. The highest BCUT2D eigenvalue weighted by molar-refractivity contribution is 7.09. The van der Waals surface area contributed by atoms with Crippen molar-refractivity contribution in [3.63, 3.8) is 0 Å². The van der Waals surface area contributed by atoms with Crippen molar-refractivity contribution in [3.8, 4) is 0 Å².